The molecule has 2 heterocycles. The third-order valence-electron chi connectivity index (χ3n) is 7.17. The van der Waals surface area contributed by atoms with Gasteiger partial charge in [-0.3, -0.25) is 10.1 Å². The van der Waals surface area contributed by atoms with Crippen molar-refractivity contribution in [1.29, 1.82) is 0 Å². The van der Waals surface area contributed by atoms with Crippen LogP contribution in [0.1, 0.15) is 36.0 Å². The van der Waals surface area contributed by atoms with Crippen LogP contribution in [0.2, 0.25) is 0 Å². The molecule has 0 spiro atoms. The number of methoxy groups -OCH3 is 1. The maximum absolute atomic E-state index is 13.7. The molecule has 2 aliphatic heterocycles. The van der Waals surface area contributed by atoms with Crippen molar-refractivity contribution < 1.29 is 14.3 Å². The number of nitrogens with zero attached hydrogens (tertiary/aromatic N) is 1. The zero-order valence-electron chi connectivity index (χ0n) is 19.7. The molecular weight excluding hydrogens is 440 g/mol. The third kappa shape index (κ3) is 4.02. The van der Waals surface area contributed by atoms with Crippen LogP contribution >= 0.6 is 0 Å². The van der Waals surface area contributed by atoms with E-state index in [1.165, 1.54) is 0 Å². The minimum atomic E-state index is -0.892. The van der Waals surface area contributed by atoms with Crippen molar-refractivity contribution in [2.24, 2.45) is 5.73 Å². The summed E-state index contributed by atoms with van der Waals surface area (Å²) in [6.07, 6.45) is 2.48. The number of piperidine rings is 1. The van der Waals surface area contributed by atoms with Gasteiger partial charge < -0.3 is 20.7 Å². The van der Waals surface area contributed by atoms with E-state index in [0.29, 0.717) is 18.7 Å². The Kier molecular flexibility index (Phi) is 6.17. The topological polar surface area (TPSA) is 96.7 Å². The van der Waals surface area contributed by atoms with E-state index >= 15 is 0 Å². The Bertz CT molecular complexity index is 1230. The number of hydrogen-bond donors (Lipinski definition) is 3. The van der Waals surface area contributed by atoms with Gasteiger partial charge in [-0.05, 0) is 48.6 Å². The van der Waals surface area contributed by atoms with E-state index in [-0.39, 0.29) is 11.9 Å². The highest BCUT2D eigenvalue weighted by molar-refractivity contribution is 5.98. The number of carbonyl (C=O) groups excluding carboxylic acids is 2. The van der Waals surface area contributed by atoms with Gasteiger partial charge in [0.1, 0.15) is 11.8 Å². The van der Waals surface area contributed by atoms with Crippen molar-refractivity contribution in [3.05, 3.63) is 95.6 Å². The number of benzene rings is 3. The summed E-state index contributed by atoms with van der Waals surface area (Å²) in [5.74, 6) is 0.532. The molecule has 0 saturated carbocycles. The lowest BCUT2D eigenvalue weighted by Gasteiger charge is -2.43. The van der Waals surface area contributed by atoms with Crippen LogP contribution in [0.5, 0.6) is 5.75 Å². The first-order valence-electron chi connectivity index (χ1n) is 12.0. The first-order valence-corrected chi connectivity index (χ1v) is 12.0. The minimum Gasteiger partial charge on any atom is -0.497 e. The number of likely N-dealkylation sites (tertiary alicyclic amines) is 1. The van der Waals surface area contributed by atoms with Crippen molar-refractivity contribution in [2.75, 3.05) is 19.0 Å². The quantitative estimate of drug-likeness (QED) is 0.540. The second-order valence-corrected chi connectivity index (χ2v) is 9.10. The molecule has 3 atom stereocenters. The van der Waals surface area contributed by atoms with Gasteiger partial charge in [-0.2, -0.15) is 0 Å². The van der Waals surface area contributed by atoms with E-state index in [4.69, 9.17) is 10.5 Å². The number of rotatable bonds is 4. The van der Waals surface area contributed by atoms with E-state index in [2.05, 4.69) is 22.8 Å². The standard InChI is InChI=1S/C28H30N4O3/c1-35-21-13-9-12-20(18-21)28(19-10-3-2-4-11-19)22-14-5-6-15-23(22)30-26(33)25(31-28)24-16-7-8-17-32(24)27(29)34/h2-6,9-15,18,24-25,31H,7-8,16-17H2,1H3,(H2,29,34)(H,30,33). The van der Waals surface area contributed by atoms with Crippen LogP contribution in [0.4, 0.5) is 10.5 Å². The summed E-state index contributed by atoms with van der Waals surface area (Å²) in [5.41, 5.74) is 8.42. The van der Waals surface area contributed by atoms with Crippen LogP contribution in [0.15, 0.2) is 78.9 Å². The second kappa shape index (κ2) is 9.43. The van der Waals surface area contributed by atoms with Gasteiger partial charge >= 0.3 is 6.03 Å². The molecule has 3 aromatic carbocycles. The molecule has 7 heteroatoms. The van der Waals surface area contributed by atoms with Gasteiger partial charge in [0.25, 0.3) is 0 Å². The molecule has 3 amide bonds. The molecule has 3 unspecified atom stereocenters. The van der Waals surface area contributed by atoms with E-state index in [9.17, 15) is 9.59 Å². The van der Waals surface area contributed by atoms with Gasteiger partial charge in [-0.1, -0.05) is 60.7 Å². The first-order chi connectivity index (χ1) is 17.0. The molecule has 3 aromatic rings. The van der Waals surface area contributed by atoms with Gasteiger partial charge in [0.15, 0.2) is 0 Å². The fourth-order valence-corrected chi connectivity index (χ4v) is 5.54. The van der Waals surface area contributed by atoms with E-state index < -0.39 is 17.6 Å². The molecule has 1 saturated heterocycles. The zero-order valence-corrected chi connectivity index (χ0v) is 19.7. The van der Waals surface area contributed by atoms with Crippen molar-refractivity contribution in [2.45, 2.75) is 36.9 Å². The molecule has 0 radical (unpaired) electrons. The Balaban J connectivity index is 1.77. The molecule has 5 rings (SSSR count). The number of amides is 3. The average molecular weight is 471 g/mol. The van der Waals surface area contributed by atoms with Crippen LogP contribution < -0.4 is 21.1 Å². The summed E-state index contributed by atoms with van der Waals surface area (Å²) in [6, 6.07) is 24.2. The third-order valence-corrected chi connectivity index (χ3v) is 7.17. The van der Waals surface area contributed by atoms with E-state index in [1.54, 1.807) is 12.0 Å². The fourth-order valence-electron chi connectivity index (χ4n) is 5.54. The monoisotopic (exact) mass is 470 g/mol. The highest BCUT2D eigenvalue weighted by Gasteiger charge is 2.47. The summed E-state index contributed by atoms with van der Waals surface area (Å²) in [4.78, 5) is 27.8. The highest BCUT2D eigenvalue weighted by Crippen LogP contribution is 2.44. The number of hydrogen-bond acceptors (Lipinski definition) is 4. The van der Waals surface area contributed by atoms with Gasteiger partial charge in [-0.25, -0.2) is 4.79 Å². The smallest absolute Gasteiger partial charge is 0.315 e. The predicted molar refractivity (Wildman–Crippen MR) is 135 cm³/mol. The highest BCUT2D eigenvalue weighted by atomic mass is 16.5. The van der Waals surface area contributed by atoms with Crippen LogP contribution in [-0.2, 0) is 10.3 Å². The number of nitrogens with one attached hydrogen (secondary N) is 2. The van der Waals surface area contributed by atoms with Gasteiger partial charge in [-0.15, -0.1) is 0 Å². The lowest BCUT2D eigenvalue weighted by Crippen LogP contribution is -2.63. The predicted octanol–water partition coefficient (Wildman–Crippen LogP) is 3.83. The maximum atomic E-state index is 13.7. The van der Waals surface area contributed by atoms with Crippen molar-refractivity contribution in [3.8, 4) is 5.75 Å². The summed E-state index contributed by atoms with van der Waals surface area (Å²) in [7, 11) is 1.64. The average Bonchev–Trinajstić information content (AvgIpc) is 3.03. The normalized spacial score (nSPS) is 24.1. The molecule has 0 bridgehead atoms. The molecule has 4 N–H and O–H groups in total. The van der Waals surface area contributed by atoms with Crippen LogP contribution in [0, 0.1) is 0 Å². The molecule has 0 aliphatic carbocycles. The Morgan fingerprint density at radius 2 is 1.74 bits per heavy atom. The molecule has 0 aromatic heterocycles. The Hall–Kier alpha value is -3.84. The number of carbonyl (C=O) groups is 2. The molecule has 1 fully saturated rings. The van der Waals surface area contributed by atoms with Crippen molar-refractivity contribution >= 4 is 17.6 Å². The summed E-state index contributed by atoms with van der Waals surface area (Å²) in [5, 5.41) is 6.90. The van der Waals surface area contributed by atoms with Crippen LogP contribution in [-0.4, -0.2) is 42.6 Å². The van der Waals surface area contributed by atoms with Gasteiger partial charge in [0, 0.05) is 17.8 Å². The number of para-hydroxylation sites is 1. The Labute approximate surface area is 205 Å². The molecule has 2 aliphatic rings. The second-order valence-electron chi connectivity index (χ2n) is 9.10. The number of fused-ring (bicyclic) bond motifs is 1. The number of primary amides is 1. The summed E-state index contributed by atoms with van der Waals surface area (Å²) in [6.45, 7) is 0.538. The van der Waals surface area contributed by atoms with E-state index in [0.717, 1.165) is 35.2 Å². The summed E-state index contributed by atoms with van der Waals surface area (Å²) < 4.78 is 5.58. The number of urea groups is 1. The van der Waals surface area contributed by atoms with Crippen molar-refractivity contribution in [3.63, 3.8) is 0 Å². The lowest BCUT2D eigenvalue weighted by molar-refractivity contribution is -0.120. The van der Waals surface area contributed by atoms with Crippen LogP contribution in [0.25, 0.3) is 0 Å². The summed E-state index contributed by atoms with van der Waals surface area (Å²) >= 11 is 0. The van der Waals surface area contributed by atoms with Gasteiger partial charge in [0.05, 0.1) is 18.7 Å². The Morgan fingerprint density at radius 1 is 1.00 bits per heavy atom. The number of anilines is 1. The zero-order chi connectivity index (χ0) is 24.4. The fraction of sp³-hybridized carbons (Fsp3) is 0.286. The number of nitrogens with two attached hydrogens (primary N) is 1. The SMILES string of the molecule is COc1cccc(C2(c3ccccc3)NC(C3CCCCN3C(N)=O)C(=O)Nc3ccccc32)c1. The maximum Gasteiger partial charge on any atom is 0.315 e. The molecule has 180 valence electrons. The molecular formula is C28H30N4O3. The Morgan fingerprint density at radius 3 is 2.51 bits per heavy atom. The minimum absolute atomic E-state index is 0.184. The van der Waals surface area contributed by atoms with E-state index in [1.807, 2.05) is 66.7 Å². The van der Waals surface area contributed by atoms with Crippen LogP contribution in [0.3, 0.4) is 0 Å². The van der Waals surface area contributed by atoms with Gasteiger partial charge in [0.2, 0.25) is 5.91 Å². The lowest BCUT2D eigenvalue weighted by atomic mass is 9.75. The number of ether oxygens (including phenoxy) is 1. The molecule has 7 nitrogen and oxygen atoms in total. The van der Waals surface area contributed by atoms with Crippen molar-refractivity contribution in [1.82, 2.24) is 10.2 Å². The first kappa shape index (κ1) is 22.9. The largest absolute Gasteiger partial charge is 0.497 e. The molecule has 35 heavy (non-hydrogen) atoms.